The first-order valence-corrected chi connectivity index (χ1v) is 12.0. The molecule has 0 saturated heterocycles. The Balaban J connectivity index is 1.63. The summed E-state index contributed by atoms with van der Waals surface area (Å²) < 4.78 is 58.5. The molecule has 3 rings (SSSR count). The number of amides is 2. The van der Waals surface area contributed by atoms with E-state index in [1.165, 1.54) is 0 Å². The molecule has 0 heterocycles. The van der Waals surface area contributed by atoms with Crippen LogP contribution in [0.15, 0.2) is 42.5 Å². The molecule has 0 radical (unpaired) electrons. The summed E-state index contributed by atoms with van der Waals surface area (Å²) in [5, 5.41) is 8.39. The zero-order valence-corrected chi connectivity index (χ0v) is 20.1. The second kappa shape index (κ2) is 12.6. The summed E-state index contributed by atoms with van der Waals surface area (Å²) in [7, 11) is 1.57. The van der Waals surface area contributed by atoms with Gasteiger partial charge in [0.1, 0.15) is 17.6 Å². The summed E-state index contributed by atoms with van der Waals surface area (Å²) in [4.78, 5) is 25.7. The lowest BCUT2D eigenvalue weighted by atomic mass is 9.84. The van der Waals surface area contributed by atoms with Gasteiger partial charge in [-0.25, -0.2) is 4.39 Å². The molecule has 196 valence electrons. The van der Waals surface area contributed by atoms with Gasteiger partial charge in [-0.15, -0.1) is 0 Å². The molecule has 2 aromatic rings. The van der Waals surface area contributed by atoms with Crippen LogP contribution < -0.4 is 20.7 Å². The number of rotatable bonds is 10. The van der Waals surface area contributed by atoms with Gasteiger partial charge in [0.15, 0.2) is 0 Å². The molecule has 1 fully saturated rings. The van der Waals surface area contributed by atoms with Crippen LogP contribution in [0, 0.1) is 11.7 Å². The number of methoxy groups -OCH3 is 1. The topological polar surface area (TPSA) is 79.5 Å². The summed E-state index contributed by atoms with van der Waals surface area (Å²) in [6, 6.07) is 7.92. The van der Waals surface area contributed by atoms with Crippen molar-refractivity contribution in [2.75, 3.05) is 25.5 Å². The minimum atomic E-state index is -4.72. The molecule has 1 atom stereocenters. The molecule has 3 N–H and O–H groups in total. The maximum atomic E-state index is 14.2. The molecule has 0 spiro atoms. The standard InChI is InChI=1S/C26H31F4N3O3/c1-36-20-10-8-19(9-11-20)31-13-14-32-25(35)23(15-17-5-3-2-4-6-17)33-24(34)21-16-18(26(28,29)30)7-12-22(21)27/h7-12,16-17,23,31H,2-6,13-15H2,1H3,(H,32,35)(H,33,34)/t23-/m0/s1. The monoisotopic (exact) mass is 509 g/mol. The fraction of sp³-hybridized carbons (Fsp3) is 0.462. The number of ether oxygens (including phenoxy) is 1. The second-order valence-corrected chi connectivity index (χ2v) is 8.90. The Morgan fingerprint density at radius 1 is 1.03 bits per heavy atom. The van der Waals surface area contributed by atoms with E-state index in [0.717, 1.165) is 37.8 Å². The fourth-order valence-electron chi connectivity index (χ4n) is 4.32. The van der Waals surface area contributed by atoms with E-state index in [0.29, 0.717) is 36.9 Å². The number of benzene rings is 2. The summed E-state index contributed by atoms with van der Waals surface area (Å²) >= 11 is 0. The van der Waals surface area contributed by atoms with E-state index in [1.54, 1.807) is 19.2 Å². The Bertz CT molecular complexity index is 1020. The van der Waals surface area contributed by atoms with Crippen LogP contribution in [0.5, 0.6) is 5.75 Å². The van der Waals surface area contributed by atoms with Crippen molar-refractivity contribution in [1.29, 1.82) is 0 Å². The molecule has 0 unspecified atom stereocenters. The highest BCUT2D eigenvalue weighted by atomic mass is 19.4. The summed E-state index contributed by atoms with van der Waals surface area (Å²) in [6.07, 6.45) is 0.546. The number of carbonyl (C=O) groups is 2. The molecule has 0 aromatic heterocycles. The van der Waals surface area contributed by atoms with Crippen LogP contribution in [0.4, 0.5) is 23.2 Å². The Morgan fingerprint density at radius 3 is 2.36 bits per heavy atom. The largest absolute Gasteiger partial charge is 0.497 e. The Kier molecular flexibility index (Phi) is 9.55. The third-order valence-electron chi connectivity index (χ3n) is 6.30. The van der Waals surface area contributed by atoms with E-state index < -0.39 is 41.0 Å². The number of halogens is 4. The van der Waals surface area contributed by atoms with Crippen molar-refractivity contribution in [3.63, 3.8) is 0 Å². The summed E-state index contributed by atoms with van der Waals surface area (Å²) in [5.41, 5.74) is -1.04. The molecule has 36 heavy (non-hydrogen) atoms. The van der Waals surface area contributed by atoms with E-state index in [1.807, 2.05) is 12.1 Å². The van der Waals surface area contributed by atoms with Crippen molar-refractivity contribution in [3.05, 3.63) is 59.4 Å². The molecule has 1 aliphatic carbocycles. The van der Waals surface area contributed by atoms with Gasteiger partial charge < -0.3 is 20.7 Å². The van der Waals surface area contributed by atoms with Gasteiger partial charge in [0, 0.05) is 18.8 Å². The maximum Gasteiger partial charge on any atom is 0.416 e. The number of hydrogen-bond donors (Lipinski definition) is 3. The molecule has 0 bridgehead atoms. The van der Waals surface area contributed by atoms with Crippen molar-refractivity contribution in [3.8, 4) is 5.75 Å². The van der Waals surface area contributed by atoms with Crippen LogP contribution >= 0.6 is 0 Å². The minimum Gasteiger partial charge on any atom is -0.497 e. The Morgan fingerprint density at radius 2 is 1.72 bits per heavy atom. The molecular formula is C26H31F4N3O3. The van der Waals surface area contributed by atoms with Gasteiger partial charge in [-0.2, -0.15) is 13.2 Å². The van der Waals surface area contributed by atoms with Crippen LogP contribution in [-0.4, -0.2) is 38.1 Å². The number of anilines is 1. The molecule has 2 amide bonds. The van der Waals surface area contributed by atoms with Gasteiger partial charge in [0.2, 0.25) is 5.91 Å². The lowest BCUT2D eigenvalue weighted by Crippen LogP contribution is -2.48. The van der Waals surface area contributed by atoms with Crippen LogP contribution in [-0.2, 0) is 11.0 Å². The number of nitrogens with one attached hydrogen (secondary N) is 3. The third kappa shape index (κ3) is 7.86. The summed E-state index contributed by atoms with van der Waals surface area (Å²) in [6.45, 7) is 0.657. The van der Waals surface area contributed by atoms with Gasteiger partial charge in [-0.05, 0) is 54.8 Å². The highest BCUT2D eigenvalue weighted by Crippen LogP contribution is 2.31. The van der Waals surface area contributed by atoms with Gasteiger partial charge >= 0.3 is 6.18 Å². The third-order valence-corrected chi connectivity index (χ3v) is 6.30. The zero-order valence-electron chi connectivity index (χ0n) is 20.1. The molecule has 6 nitrogen and oxygen atoms in total. The molecule has 1 aliphatic rings. The highest BCUT2D eigenvalue weighted by molar-refractivity contribution is 5.98. The van der Waals surface area contributed by atoms with Crippen LogP contribution in [0.3, 0.4) is 0 Å². The first-order valence-electron chi connectivity index (χ1n) is 12.0. The van der Waals surface area contributed by atoms with Gasteiger partial charge in [0.05, 0.1) is 18.2 Å². The average molecular weight is 510 g/mol. The average Bonchev–Trinajstić information content (AvgIpc) is 2.86. The molecule has 1 saturated carbocycles. The Hall–Kier alpha value is -3.30. The minimum absolute atomic E-state index is 0.193. The lowest BCUT2D eigenvalue weighted by Gasteiger charge is -2.27. The SMILES string of the molecule is COc1ccc(NCCNC(=O)[C@H](CC2CCCCC2)NC(=O)c2cc(C(F)(F)F)ccc2F)cc1. The highest BCUT2D eigenvalue weighted by Gasteiger charge is 2.33. The quantitative estimate of drug-likeness (QED) is 0.306. The lowest BCUT2D eigenvalue weighted by molar-refractivity contribution is -0.137. The van der Waals surface area contributed by atoms with E-state index >= 15 is 0 Å². The van der Waals surface area contributed by atoms with Crippen LogP contribution in [0.25, 0.3) is 0 Å². The predicted octanol–water partition coefficient (Wildman–Crippen LogP) is 5.15. The molecule has 2 aromatic carbocycles. The second-order valence-electron chi connectivity index (χ2n) is 8.90. The maximum absolute atomic E-state index is 14.2. The first-order chi connectivity index (χ1) is 17.2. The van der Waals surface area contributed by atoms with Crippen molar-refractivity contribution < 1.29 is 31.9 Å². The van der Waals surface area contributed by atoms with Crippen molar-refractivity contribution >= 4 is 17.5 Å². The van der Waals surface area contributed by atoms with Gasteiger partial charge in [0.25, 0.3) is 5.91 Å². The number of carbonyl (C=O) groups excluding carboxylic acids is 2. The zero-order chi connectivity index (χ0) is 26.1. The molecule has 10 heteroatoms. The Labute approximate surface area is 207 Å². The molecule has 0 aliphatic heterocycles. The van der Waals surface area contributed by atoms with Gasteiger partial charge in [-0.3, -0.25) is 9.59 Å². The number of hydrogen-bond acceptors (Lipinski definition) is 4. The number of alkyl halides is 3. The van der Waals surface area contributed by atoms with E-state index in [-0.39, 0.29) is 12.5 Å². The van der Waals surface area contributed by atoms with Crippen molar-refractivity contribution in [2.24, 2.45) is 5.92 Å². The summed E-state index contributed by atoms with van der Waals surface area (Å²) in [5.74, 6) is -1.68. The fourth-order valence-corrected chi connectivity index (χ4v) is 4.32. The van der Waals surface area contributed by atoms with Crippen molar-refractivity contribution in [2.45, 2.75) is 50.7 Å². The predicted molar refractivity (Wildman–Crippen MR) is 128 cm³/mol. The normalized spacial score (nSPS) is 15.1. The molecular weight excluding hydrogens is 478 g/mol. The van der Waals surface area contributed by atoms with Crippen LogP contribution in [0.2, 0.25) is 0 Å². The first kappa shape index (κ1) is 27.3. The van der Waals surface area contributed by atoms with Crippen molar-refractivity contribution in [1.82, 2.24) is 10.6 Å². The van der Waals surface area contributed by atoms with E-state index in [9.17, 15) is 27.2 Å². The van der Waals surface area contributed by atoms with E-state index in [2.05, 4.69) is 16.0 Å². The van der Waals surface area contributed by atoms with Gasteiger partial charge in [-0.1, -0.05) is 32.1 Å². The smallest absolute Gasteiger partial charge is 0.416 e. The van der Waals surface area contributed by atoms with E-state index in [4.69, 9.17) is 4.74 Å². The van der Waals surface area contributed by atoms with Crippen LogP contribution in [0.1, 0.15) is 54.4 Å².